The number of aryl methyl sites for hydroxylation is 1. The lowest BCUT2D eigenvalue weighted by Crippen LogP contribution is -2.11. The van der Waals surface area contributed by atoms with Crippen LogP contribution in [0, 0.1) is 0 Å². The van der Waals surface area contributed by atoms with Crippen LogP contribution < -0.4 is 5.73 Å². The van der Waals surface area contributed by atoms with Crippen molar-refractivity contribution in [2.45, 2.75) is 39.5 Å². The van der Waals surface area contributed by atoms with Gasteiger partial charge in [0.25, 0.3) is 0 Å². The molecule has 0 radical (unpaired) electrons. The summed E-state index contributed by atoms with van der Waals surface area (Å²) in [6.45, 7) is 4.38. The van der Waals surface area contributed by atoms with Crippen molar-refractivity contribution >= 4 is 11.5 Å². The first kappa shape index (κ1) is 13.6. The number of nitrogens with two attached hydrogens (primary N) is 1. The van der Waals surface area contributed by atoms with Crippen molar-refractivity contribution in [1.29, 1.82) is 0 Å². The van der Waals surface area contributed by atoms with E-state index in [-0.39, 0.29) is 5.91 Å². The van der Waals surface area contributed by atoms with Crippen molar-refractivity contribution in [3.8, 4) is 0 Å². The van der Waals surface area contributed by atoms with E-state index in [1.54, 1.807) is 0 Å². The molecule has 2 nitrogen and oxygen atoms in total. The zero-order valence-corrected chi connectivity index (χ0v) is 11.7. The maximum absolute atomic E-state index is 10.8. The summed E-state index contributed by atoms with van der Waals surface area (Å²) in [6.07, 6.45) is 5.71. The molecule has 0 aromatic heterocycles. The predicted molar refractivity (Wildman–Crippen MR) is 79.5 cm³/mol. The molecule has 1 amide bonds. The van der Waals surface area contributed by atoms with Crippen LogP contribution in [-0.2, 0) is 11.2 Å². The Hall–Kier alpha value is -1.83. The smallest absolute Gasteiger partial charge is 0.217 e. The minimum absolute atomic E-state index is 0.240. The van der Waals surface area contributed by atoms with Gasteiger partial charge in [-0.1, -0.05) is 41.5 Å². The fourth-order valence-electron chi connectivity index (χ4n) is 2.36. The Labute approximate surface area is 115 Å². The molecule has 0 heterocycles. The zero-order chi connectivity index (χ0) is 13.8. The normalized spacial score (nSPS) is 15.4. The standard InChI is InChI=1S/C17H21NO/c1-12-3-7-16(11-13(12)2)15-8-4-14(5-9-15)6-10-17(18)19/h4-5,8-9,11H,3,6-7,10H2,1-2H3,(H2,18,19). The highest BCUT2D eigenvalue weighted by Crippen LogP contribution is 2.30. The Morgan fingerprint density at radius 3 is 2.42 bits per heavy atom. The molecule has 1 aliphatic carbocycles. The third-order valence-corrected chi connectivity index (χ3v) is 3.82. The monoisotopic (exact) mass is 255 g/mol. The lowest BCUT2D eigenvalue weighted by molar-refractivity contribution is -0.117. The van der Waals surface area contributed by atoms with Crippen molar-refractivity contribution in [3.63, 3.8) is 0 Å². The maximum atomic E-state index is 10.8. The van der Waals surface area contributed by atoms with Crippen LogP contribution in [0.5, 0.6) is 0 Å². The summed E-state index contributed by atoms with van der Waals surface area (Å²) in [5, 5.41) is 0. The van der Waals surface area contributed by atoms with E-state index in [0.29, 0.717) is 6.42 Å². The second kappa shape index (κ2) is 5.87. The van der Waals surface area contributed by atoms with Crippen LogP contribution in [0.15, 0.2) is 41.5 Å². The highest BCUT2D eigenvalue weighted by molar-refractivity contribution is 5.74. The van der Waals surface area contributed by atoms with Gasteiger partial charge in [-0.25, -0.2) is 0 Å². The quantitative estimate of drug-likeness (QED) is 0.877. The molecular formula is C17H21NO. The Balaban J connectivity index is 2.11. The zero-order valence-electron chi connectivity index (χ0n) is 11.7. The molecule has 0 aliphatic heterocycles. The molecule has 2 N–H and O–H groups in total. The van der Waals surface area contributed by atoms with Crippen molar-refractivity contribution in [3.05, 3.63) is 52.6 Å². The molecule has 1 aromatic carbocycles. The number of hydrogen-bond donors (Lipinski definition) is 1. The summed E-state index contributed by atoms with van der Waals surface area (Å²) in [4.78, 5) is 10.8. The maximum Gasteiger partial charge on any atom is 0.217 e. The highest BCUT2D eigenvalue weighted by Gasteiger charge is 2.09. The van der Waals surface area contributed by atoms with Crippen LogP contribution >= 0.6 is 0 Å². The average Bonchev–Trinajstić information content (AvgIpc) is 2.40. The third-order valence-electron chi connectivity index (χ3n) is 3.82. The number of allylic oxidation sites excluding steroid dienone is 4. The van der Waals surface area contributed by atoms with E-state index in [0.717, 1.165) is 19.3 Å². The van der Waals surface area contributed by atoms with Gasteiger partial charge in [0.1, 0.15) is 0 Å². The number of carbonyl (C=O) groups excluding carboxylic acids is 1. The molecule has 1 aliphatic rings. The van der Waals surface area contributed by atoms with Gasteiger partial charge in [-0.2, -0.15) is 0 Å². The van der Waals surface area contributed by atoms with Gasteiger partial charge in [-0.3, -0.25) is 4.79 Å². The van der Waals surface area contributed by atoms with Crippen molar-refractivity contribution in [2.24, 2.45) is 5.73 Å². The number of rotatable bonds is 4. The number of benzene rings is 1. The Kier molecular flexibility index (Phi) is 4.20. The first-order valence-corrected chi connectivity index (χ1v) is 6.81. The van der Waals surface area contributed by atoms with Gasteiger partial charge < -0.3 is 5.73 Å². The van der Waals surface area contributed by atoms with Crippen molar-refractivity contribution < 1.29 is 4.79 Å². The lowest BCUT2D eigenvalue weighted by Gasteiger charge is -2.16. The molecule has 0 atom stereocenters. The fourth-order valence-corrected chi connectivity index (χ4v) is 2.36. The highest BCUT2D eigenvalue weighted by atomic mass is 16.1. The molecule has 0 bridgehead atoms. The van der Waals surface area contributed by atoms with E-state index >= 15 is 0 Å². The fraction of sp³-hybridized carbons (Fsp3) is 0.353. The van der Waals surface area contributed by atoms with Gasteiger partial charge in [0.05, 0.1) is 0 Å². The van der Waals surface area contributed by atoms with Crippen LogP contribution in [-0.4, -0.2) is 5.91 Å². The first-order chi connectivity index (χ1) is 9.06. The number of primary amides is 1. The topological polar surface area (TPSA) is 43.1 Å². The van der Waals surface area contributed by atoms with Crippen LogP contribution in [0.3, 0.4) is 0 Å². The van der Waals surface area contributed by atoms with Crippen LogP contribution in [0.4, 0.5) is 0 Å². The molecule has 19 heavy (non-hydrogen) atoms. The van der Waals surface area contributed by atoms with Crippen LogP contribution in [0.25, 0.3) is 5.57 Å². The van der Waals surface area contributed by atoms with E-state index in [2.05, 4.69) is 44.2 Å². The minimum atomic E-state index is -0.240. The summed E-state index contributed by atoms with van der Waals surface area (Å²) in [6, 6.07) is 8.49. The third kappa shape index (κ3) is 3.57. The summed E-state index contributed by atoms with van der Waals surface area (Å²) in [7, 11) is 0. The Bertz CT molecular complexity index is 535. The molecule has 1 aromatic rings. The first-order valence-electron chi connectivity index (χ1n) is 6.81. The Morgan fingerprint density at radius 1 is 1.16 bits per heavy atom. The van der Waals surface area contributed by atoms with Crippen LogP contribution in [0.1, 0.15) is 44.2 Å². The summed E-state index contributed by atoms with van der Waals surface area (Å²) < 4.78 is 0. The van der Waals surface area contributed by atoms with Crippen molar-refractivity contribution in [1.82, 2.24) is 0 Å². The SMILES string of the molecule is CC1=C(C)CCC(c2ccc(CCC(N)=O)cc2)=C1. The van der Waals surface area contributed by atoms with Gasteiger partial charge in [0.15, 0.2) is 0 Å². The van der Waals surface area contributed by atoms with Gasteiger partial charge in [0, 0.05) is 6.42 Å². The summed E-state index contributed by atoms with van der Waals surface area (Å²) in [5.74, 6) is -0.240. The van der Waals surface area contributed by atoms with Gasteiger partial charge >= 0.3 is 0 Å². The van der Waals surface area contributed by atoms with E-state index < -0.39 is 0 Å². The van der Waals surface area contributed by atoms with Crippen molar-refractivity contribution in [2.75, 3.05) is 0 Å². The van der Waals surface area contributed by atoms with Gasteiger partial charge in [-0.15, -0.1) is 0 Å². The van der Waals surface area contributed by atoms with E-state index in [1.165, 1.54) is 27.8 Å². The lowest BCUT2D eigenvalue weighted by atomic mass is 9.89. The second-order valence-electron chi connectivity index (χ2n) is 5.30. The van der Waals surface area contributed by atoms with E-state index in [4.69, 9.17) is 5.73 Å². The minimum Gasteiger partial charge on any atom is -0.370 e. The molecule has 2 rings (SSSR count). The predicted octanol–water partition coefficient (Wildman–Crippen LogP) is 3.62. The molecule has 0 saturated carbocycles. The van der Waals surface area contributed by atoms with Gasteiger partial charge in [-0.05, 0) is 49.8 Å². The second-order valence-corrected chi connectivity index (χ2v) is 5.30. The van der Waals surface area contributed by atoms with Crippen LogP contribution in [0.2, 0.25) is 0 Å². The summed E-state index contributed by atoms with van der Waals surface area (Å²) >= 11 is 0. The average molecular weight is 255 g/mol. The van der Waals surface area contributed by atoms with Gasteiger partial charge in [0.2, 0.25) is 5.91 Å². The molecular weight excluding hydrogens is 234 g/mol. The van der Waals surface area contributed by atoms with E-state index in [1.807, 2.05) is 0 Å². The molecule has 0 fully saturated rings. The molecule has 100 valence electrons. The number of carbonyl (C=O) groups is 1. The number of hydrogen-bond acceptors (Lipinski definition) is 1. The molecule has 2 heteroatoms. The molecule has 0 unspecified atom stereocenters. The Morgan fingerprint density at radius 2 is 1.84 bits per heavy atom. The largest absolute Gasteiger partial charge is 0.370 e. The molecule has 0 spiro atoms. The number of amides is 1. The molecule has 0 saturated heterocycles. The van der Waals surface area contributed by atoms with E-state index in [9.17, 15) is 4.79 Å². The summed E-state index contributed by atoms with van der Waals surface area (Å²) in [5.41, 5.74) is 11.9.